The Labute approximate surface area is 115 Å². The van der Waals surface area contributed by atoms with Gasteiger partial charge < -0.3 is 10.3 Å². The number of carbonyl (C=O) groups excluding carboxylic acids is 2. The molecule has 3 rings (SSSR count). The van der Waals surface area contributed by atoms with Crippen LogP contribution in [-0.2, 0) is 9.59 Å². The fourth-order valence-corrected chi connectivity index (χ4v) is 1.84. The Kier molecular flexibility index (Phi) is 2.52. The van der Waals surface area contributed by atoms with Crippen molar-refractivity contribution in [2.75, 3.05) is 5.32 Å². The van der Waals surface area contributed by atoms with Crippen molar-refractivity contribution in [1.29, 1.82) is 0 Å². The number of H-pyrrole nitrogens is 1. The summed E-state index contributed by atoms with van der Waals surface area (Å²) in [7, 11) is 0. The highest BCUT2D eigenvalue weighted by molar-refractivity contribution is 6.29. The van der Waals surface area contributed by atoms with E-state index in [1.165, 1.54) is 4.63 Å². The number of anilines is 1. The molecule has 0 unspecified atom stereocenters. The fourth-order valence-electron chi connectivity index (χ4n) is 1.84. The number of nitrogens with zero attached hydrogens (tertiary/aromatic N) is 3. The molecule has 0 radical (unpaired) electrons. The predicted molar refractivity (Wildman–Crippen MR) is 72.2 cm³/mol. The van der Waals surface area contributed by atoms with Crippen molar-refractivity contribution in [1.82, 2.24) is 19.8 Å². The highest BCUT2D eigenvalue weighted by Crippen LogP contribution is 2.19. The fraction of sp³-hybridized carbons (Fsp3) is 0.0769. The Morgan fingerprint density at radius 3 is 2.80 bits per heavy atom. The van der Waals surface area contributed by atoms with E-state index in [0.717, 1.165) is 5.56 Å². The van der Waals surface area contributed by atoms with Gasteiger partial charge >= 0.3 is 0 Å². The summed E-state index contributed by atoms with van der Waals surface area (Å²) < 4.78 is 9.23. The molecule has 0 fully saturated rings. The van der Waals surface area contributed by atoms with Crippen LogP contribution in [0.25, 0.3) is 17.0 Å². The van der Waals surface area contributed by atoms with Gasteiger partial charge in [-0.15, -0.1) is 9.73 Å². The minimum absolute atomic E-state index is 0.216. The zero-order chi connectivity index (χ0) is 15.0. The monoisotopic (exact) mass is 270 g/mol. The van der Waals surface area contributed by atoms with Crippen LogP contribution < -0.4 is 5.32 Å². The van der Waals surface area contributed by atoms with Crippen molar-refractivity contribution < 1.29 is 11.0 Å². The summed E-state index contributed by atoms with van der Waals surface area (Å²) in [6.45, 7) is 1.75. The molecule has 7 nitrogen and oxygen atoms in total. The van der Waals surface area contributed by atoms with E-state index in [0.29, 0.717) is 28.9 Å². The highest BCUT2D eigenvalue weighted by atomic mass is 16.2. The summed E-state index contributed by atoms with van der Waals surface area (Å²) in [5.74, 6) is -0.132. The SMILES string of the molecule is [2H]c1c(C)nn2nc(-c3ccc(NC(=O)C=O)cc3)[nH]c12. The smallest absolute Gasteiger partial charge is 0.288 e. The molecule has 3 aromatic rings. The van der Waals surface area contributed by atoms with Crippen molar-refractivity contribution in [2.24, 2.45) is 0 Å². The zero-order valence-electron chi connectivity index (χ0n) is 11.5. The van der Waals surface area contributed by atoms with Gasteiger partial charge in [-0.05, 0) is 31.2 Å². The number of aromatic amines is 1. The standard InChI is InChI=1S/C13H11N5O2/c1-8-6-11-15-13(17-18(11)16-8)9-2-4-10(5-3-9)14-12(20)7-19/h2-7H,1H3,(H,14,20)(H,15,17)/i6D. The molecule has 0 aliphatic heterocycles. The normalized spacial score (nSPS) is 11.3. The first-order valence-corrected chi connectivity index (χ1v) is 5.87. The molecule has 1 amide bonds. The minimum atomic E-state index is -0.700. The van der Waals surface area contributed by atoms with Gasteiger partial charge in [-0.1, -0.05) is 0 Å². The molecular formula is C13H11N5O2. The van der Waals surface area contributed by atoms with Crippen molar-refractivity contribution >= 4 is 23.5 Å². The van der Waals surface area contributed by atoms with Crippen LogP contribution in [0, 0.1) is 6.92 Å². The number of hydrogen-bond acceptors (Lipinski definition) is 4. The number of aldehydes is 1. The van der Waals surface area contributed by atoms with Crippen molar-refractivity contribution in [3.05, 3.63) is 36.0 Å². The van der Waals surface area contributed by atoms with Gasteiger partial charge in [-0.3, -0.25) is 9.59 Å². The summed E-state index contributed by atoms with van der Waals surface area (Å²) in [6, 6.07) is 7.12. The number of hydrogen-bond donors (Lipinski definition) is 2. The maximum absolute atomic E-state index is 11.0. The van der Waals surface area contributed by atoms with E-state index in [4.69, 9.17) is 1.37 Å². The Bertz CT molecular complexity index is 834. The van der Waals surface area contributed by atoms with Crippen LogP contribution in [0.4, 0.5) is 5.69 Å². The number of nitrogens with one attached hydrogen (secondary N) is 2. The molecule has 1 aromatic carbocycles. The van der Waals surface area contributed by atoms with Gasteiger partial charge in [0.05, 0.1) is 7.06 Å². The zero-order valence-corrected chi connectivity index (χ0v) is 10.5. The largest absolute Gasteiger partial charge is 0.321 e. The molecule has 0 aliphatic rings. The Morgan fingerprint density at radius 2 is 2.15 bits per heavy atom. The molecular weight excluding hydrogens is 258 g/mol. The first-order valence-electron chi connectivity index (χ1n) is 6.37. The molecule has 0 spiro atoms. The van der Waals surface area contributed by atoms with Crippen LogP contribution in [0.15, 0.2) is 30.3 Å². The second-order valence-electron chi connectivity index (χ2n) is 4.21. The van der Waals surface area contributed by atoms with E-state index in [1.807, 2.05) is 0 Å². The van der Waals surface area contributed by atoms with Crippen molar-refractivity contribution in [2.45, 2.75) is 6.92 Å². The molecule has 0 saturated carbocycles. The minimum Gasteiger partial charge on any atom is -0.321 e. The quantitative estimate of drug-likeness (QED) is 0.552. The topological polar surface area (TPSA) is 92.2 Å². The number of benzene rings is 1. The van der Waals surface area contributed by atoms with Crippen LogP contribution in [0.2, 0.25) is 0 Å². The molecule has 2 N–H and O–H groups in total. The lowest BCUT2D eigenvalue weighted by Gasteiger charge is -2.01. The Hall–Kier alpha value is -2.96. The van der Waals surface area contributed by atoms with Gasteiger partial charge in [-0.25, -0.2) is 0 Å². The van der Waals surface area contributed by atoms with E-state index in [1.54, 1.807) is 31.2 Å². The third-order valence-corrected chi connectivity index (χ3v) is 2.71. The number of aryl methyl sites for hydroxylation is 1. The summed E-state index contributed by atoms with van der Waals surface area (Å²) >= 11 is 0. The molecule has 2 heterocycles. The Balaban J connectivity index is 1.91. The molecule has 0 saturated heterocycles. The third kappa shape index (κ3) is 2.16. The molecule has 0 atom stereocenters. The highest BCUT2D eigenvalue weighted by Gasteiger charge is 2.07. The second-order valence-corrected chi connectivity index (χ2v) is 4.21. The van der Waals surface area contributed by atoms with Gasteiger partial charge in [0.2, 0.25) is 6.29 Å². The number of amides is 1. The number of rotatable bonds is 3. The molecule has 2 aromatic heterocycles. The number of aromatic nitrogens is 4. The Morgan fingerprint density at radius 1 is 1.40 bits per heavy atom. The van der Waals surface area contributed by atoms with Gasteiger partial charge in [0.15, 0.2) is 11.5 Å². The average Bonchev–Trinajstić information content (AvgIpc) is 3.00. The molecule has 20 heavy (non-hydrogen) atoms. The van der Waals surface area contributed by atoms with E-state index < -0.39 is 5.91 Å². The average molecular weight is 270 g/mol. The van der Waals surface area contributed by atoms with Crippen LogP contribution in [-0.4, -0.2) is 32.0 Å². The summed E-state index contributed by atoms with van der Waals surface area (Å²) in [5.41, 5.74) is 2.43. The van der Waals surface area contributed by atoms with Crippen LogP contribution in [0.3, 0.4) is 0 Å². The van der Waals surface area contributed by atoms with E-state index in [9.17, 15) is 9.59 Å². The lowest BCUT2D eigenvalue weighted by molar-refractivity contribution is -0.127. The first kappa shape index (κ1) is 10.9. The van der Waals surface area contributed by atoms with Gasteiger partial charge in [-0.2, -0.15) is 5.10 Å². The lowest BCUT2D eigenvalue weighted by atomic mass is 10.2. The molecule has 100 valence electrons. The van der Waals surface area contributed by atoms with Gasteiger partial charge in [0.1, 0.15) is 0 Å². The van der Waals surface area contributed by atoms with Gasteiger partial charge in [0, 0.05) is 17.3 Å². The van der Waals surface area contributed by atoms with Crippen LogP contribution in [0.5, 0.6) is 0 Å². The van der Waals surface area contributed by atoms with E-state index in [2.05, 4.69) is 20.5 Å². The summed E-state index contributed by atoms with van der Waals surface area (Å²) in [6.07, 6.45) is 0.216. The number of fused-ring (bicyclic) bond motifs is 1. The molecule has 0 aliphatic carbocycles. The van der Waals surface area contributed by atoms with E-state index in [-0.39, 0.29) is 6.29 Å². The third-order valence-electron chi connectivity index (χ3n) is 2.71. The lowest BCUT2D eigenvalue weighted by Crippen LogP contribution is -2.11. The first-order chi connectivity index (χ1) is 10.1. The van der Waals surface area contributed by atoms with E-state index >= 15 is 0 Å². The van der Waals surface area contributed by atoms with Crippen molar-refractivity contribution in [3.8, 4) is 11.4 Å². The van der Waals surface area contributed by atoms with Crippen molar-refractivity contribution in [3.63, 3.8) is 0 Å². The van der Waals surface area contributed by atoms with Gasteiger partial charge in [0.25, 0.3) is 5.91 Å². The maximum Gasteiger partial charge on any atom is 0.288 e. The summed E-state index contributed by atoms with van der Waals surface area (Å²) in [4.78, 5) is 24.3. The number of carbonyl (C=O) groups is 2. The maximum atomic E-state index is 11.0. The second kappa shape index (κ2) is 4.61. The van der Waals surface area contributed by atoms with Crippen LogP contribution in [0.1, 0.15) is 7.06 Å². The molecule has 7 heteroatoms. The molecule has 0 bridgehead atoms. The summed E-state index contributed by atoms with van der Waals surface area (Å²) in [5, 5.41) is 10.8. The van der Waals surface area contributed by atoms with Crippen LogP contribution >= 0.6 is 0 Å². The predicted octanol–water partition coefficient (Wildman–Crippen LogP) is 1.17.